The molecule has 3 heteroatoms. The highest BCUT2D eigenvalue weighted by molar-refractivity contribution is 5.99. The molecule has 1 unspecified atom stereocenters. The summed E-state index contributed by atoms with van der Waals surface area (Å²) in [6, 6.07) is 6.18. The van der Waals surface area contributed by atoms with E-state index in [1.165, 1.54) is 12.1 Å². The van der Waals surface area contributed by atoms with Crippen LogP contribution in [0.3, 0.4) is 0 Å². The van der Waals surface area contributed by atoms with E-state index in [1.54, 1.807) is 12.1 Å². The molecular formula is C11H15NO2. The third kappa shape index (κ3) is 2.33. The zero-order valence-electron chi connectivity index (χ0n) is 8.69. The SMILES string of the molecule is CC(C(=O)c1ccc(O)cc1)N(C)C. The number of ketones is 1. The first-order valence-corrected chi connectivity index (χ1v) is 4.52. The van der Waals surface area contributed by atoms with Gasteiger partial charge in [0.15, 0.2) is 5.78 Å². The Bertz CT molecular complexity index is 317. The predicted molar refractivity (Wildman–Crippen MR) is 55.6 cm³/mol. The molecule has 1 aromatic carbocycles. The number of rotatable bonds is 3. The Morgan fingerprint density at radius 2 is 1.79 bits per heavy atom. The molecule has 0 aliphatic rings. The monoisotopic (exact) mass is 193 g/mol. The number of hydrogen-bond donors (Lipinski definition) is 1. The maximum Gasteiger partial charge on any atom is 0.179 e. The highest BCUT2D eigenvalue weighted by Crippen LogP contribution is 2.12. The fourth-order valence-electron chi connectivity index (χ4n) is 1.10. The van der Waals surface area contributed by atoms with E-state index in [0.29, 0.717) is 5.56 Å². The zero-order valence-corrected chi connectivity index (χ0v) is 8.69. The summed E-state index contributed by atoms with van der Waals surface area (Å²) in [7, 11) is 3.73. The lowest BCUT2D eigenvalue weighted by molar-refractivity contribution is 0.0890. The van der Waals surface area contributed by atoms with Crippen LogP contribution in [-0.4, -0.2) is 35.9 Å². The van der Waals surface area contributed by atoms with Gasteiger partial charge in [-0.25, -0.2) is 0 Å². The van der Waals surface area contributed by atoms with Crippen molar-refractivity contribution >= 4 is 5.78 Å². The fraction of sp³-hybridized carbons (Fsp3) is 0.364. The van der Waals surface area contributed by atoms with E-state index in [9.17, 15) is 4.79 Å². The van der Waals surface area contributed by atoms with Crippen LogP contribution in [0.2, 0.25) is 0 Å². The van der Waals surface area contributed by atoms with Crippen LogP contribution in [0, 0.1) is 0 Å². The van der Waals surface area contributed by atoms with Gasteiger partial charge in [0.2, 0.25) is 0 Å². The summed E-state index contributed by atoms with van der Waals surface area (Å²) in [6.45, 7) is 1.86. The maximum atomic E-state index is 11.8. The normalized spacial score (nSPS) is 12.9. The Morgan fingerprint density at radius 3 is 2.21 bits per heavy atom. The minimum atomic E-state index is -0.139. The Labute approximate surface area is 84.0 Å². The van der Waals surface area contributed by atoms with Gasteiger partial charge >= 0.3 is 0 Å². The van der Waals surface area contributed by atoms with Gasteiger partial charge in [0.1, 0.15) is 5.75 Å². The molecule has 76 valence electrons. The summed E-state index contributed by atoms with van der Waals surface area (Å²) in [5.41, 5.74) is 0.629. The third-order valence-electron chi connectivity index (χ3n) is 2.31. The van der Waals surface area contributed by atoms with Crippen molar-refractivity contribution in [2.24, 2.45) is 0 Å². The average molecular weight is 193 g/mol. The standard InChI is InChI=1S/C11H15NO2/c1-8(12(2)3)11(14)9-4-6-10(13)7-5-9/h4-8,13H,1-3H3. The number of phenolic OH excluding ortho intramolecular Hbond substituents is 1. The topological polar surface area (TPSA) is 40.5 Å². The molecule has 3 nitrogen and oxygen atoms in total. The second-order valence-electron chi connectivity index (χ2n) is 3.55. The summed E-state index contributed by atoms with van der Waals surface area (Å²) in [6.07, 6.45) is 0. The molecule has 0 radical (unpaired) electrons. The molecular weight excluding hydrogens is 178 g/mol. The molecule has 0 bridgehead atoms. The van der Waals surface area contributed by atoms with Crippen LogP contribution >= 0.6 is 0 Å². The predicted octanol–water partition coefficient (Wildman–Crippen LogP) is 1.52. The smallest absolute Gasteiger partial charge is 0.179 e. The summed E-state index contributed by atoms with van der Waals surface area (Å²) < 4.78 is 0. The molecule has 0 aliphatic heterocycles. The summed E-state index contributed by atoms with van der Waals surface area (Å²) in [5.74, 6) is 0.244. The Balaban J connectivity index is 2.84. The largest absolute Gasteiger partial charge is 0.508 e. The number of hydrogen-bond acceptors (Lipinski definition) is 3. The molecule has 0 amide bonds. The number of Topliss-reactive ketones (excluding diaryl/α,β-unsaturated/α-hetero) is 1. The van der Waals surface area contributed by atoms with Gasteiger partial charge in [-0.1, -0.05) is 0 Å². The lowest BCUT2D eigenvalue weighted by atomic mass is 10.0. The van der Waals surface area contributed by atoms with Crippen LogP contribution in [-0.2, 0) is 0 Å². The first-order chi connectivity index (χ1) is 6.52. The molecule has 0 spiro atoms. The summed E-state index contributed by atoms with van der Waals surface area (Å²) >= 11 is 0. The van der Waals surface area contributed by atoms with E-state index >= 15 is 0 Å². The van der Waals surface area contributed by atoms with Crippen LogP contribution in [0.4, 0.5) is 0 Å². The van der Waals surface area contributed by atoms with Crippen LogP contribution in [0.1, 0.15) is 17.3 Å². The molecule has 1 N–H and O–H groups in total. The van der Waals surface area contributed by atoms with Crippen molar-refractivity contribution in [2.75, 3.05) is 14.1 Å². The Morgan fingerprint density at radius 1 is 1.29 bits per heavy atom. The highest BCUT2D eigenvalue weighted by atomic mass is 16.3. The first kappa shape index (κ1) is 10.7. The molecule has 1 rings (SSSR count). The van der Waals surface area contributed by atoms with Gasteiger partial charge in [0.05, 0.1) is 6.04 Å². The molecule has 0 saturated carbocycles. The summed E-state index contributed by atoms with van der Waals surface area (Å²) in [5, 5.41) is 9.06. The number of likely N-dealkylation sites (N-methyl/N-ethyl adjacent to an activating group) is 1. The van der Waals surface area contributed by atoms with Crippen molar-refractivity contribution < 1.29 is 9.90 Å². The first-order valence-electron chi connectivity index (χ1n) is 4.52. The Hall–Kier alpha value is -1.35. The quantitative estimate of drug-likeness (QED) is 0.740. The number of nitrogens with zero attached hydrogens (tertiary/aromatic N) is 1. The number of benzene rings is 1. The molecule has 0 fully saturated rings. The molecule has 1 aromatic rings. The van der Waals surface area contributed by atoms with Crippen molar-refractivity contribution in [3.05, 3.63) is 29.8 Å². The highest BCUT2D eigenvalue weighted by Gasteiger charge is 2.16. The van der Waals surface area contributed by atoms with Gasteiger partial charge in [-0.15, -0.1) is 0 Å². The second-order valence-corrected chi connectivity index (χ2v) is 3.55. The third-order valence-corrected chi connectivity index (χ3v) is 2.31. The summed E-state index contributed by atoms with van der Waals surface area (Å²) in [4.78, 5) is 13.6. The number of aromatic hydroxyl groups is 1. The fourth-order valence-corrected chi connectivity index (χ4v) is 1.10. The van der Waals surface area contributed by atoms with Crippen molar-refractivity contribution in [2.45, 2.75) is 13.0 Å². The van der Waals surface area contributed by atoms with E-state index in [-0.39, 0.29) is 17.6 Å². The average Bonchev–Trinajstić information content (AvgIpc) is 2.16. The zero-order chi connectivity index (χ0) is 10.7. The Kier molecular flexibility index (Phi) is 3.25. The lowest BCUT2D eigenvalue weighted by Gasteiger charge is -2.18. The van der Waals surface area contributed by atoms with E-state index < -0.39 is 0 Å². The minimum Gasteiger partial charge on any atom is -0.508 e. The minimum absolute atomic E-state index is 0.0648. The van der Waals surface area contributed by atoms with E-state index in [0.717, 1.165) is 0 Å². The number of carbonyl (C=O) groups is 1. The van der Waals surface area contributed by atoms with Gasteiger partial charge in [-0.2, -0.15) is 0 Å². The van der Waals surface area contributed by atoms with Gasteiger partial charge in [-0.05, 0) is 45.3 Å². The van der Waals surface area contributed by atoms with Gasteiger partial charge < -0.3 is 5.11 Å². The van der Waals surface area contributed by atoms with Crippen molar-refractivity contribution in [1.82, 2.24) is 4.90 Å². The molecule has 1 atom stereocenters. The van der Waals surface area contributed by atoms with Crippen LogP contribution < -0.4 is 0 Å². The number of phenols is 1. The van der Waals surface area contributed by atoms with Gasteiger partial charge in [0, 0.05) is 5.56 Å². The molecule has 0 aromatic heterocycles. The van der Waals surface area contributed by atoms with Crippen molar-refractivity contribution in [3.63, 3.8) is 0 Å². The van der Waals surface area contributed by atoms with E-state index in [2.05, 4.69) is 0 Å². The van der Waals surface area contributed by atoms with Crippen LogP contribution in [0.25, 0.3) is 0 Å². The van der Waals surface area contributed by atoms with Crippen molar-refractivity contribution in [3.8, 4) is 5.75 Å². The second kappa shape index (κ2) is 4.24. The molecule has 0 saturated heterocycles. The number of carbonyl (C=O) groups excluding carboxylic acids is 1. The molecule has 0 aliphatic carbocycles. The van der Waals surface area contributed by atoms with Gasteiger partial charge in [-0.3, -0.25) is 9.69 Å². The molecule has 0 heterocycles. The van der Waals surface area contributed by atoms with Crippen LogP contribution in [0.5, 0.6) is 5.75 Å². The van der Waals surface area contributed by atoms with E-state index in [4.69, 9.17) is 5.11 Å². The van der Waals surface area contributed by atoms with E-state index in [1.807, 2.05) is 25.9 Å². The van der Waals surface area contributed by atoms with Crippen molar-refractivity contribution in [1.29, 1.82) is 0 Å². The lowest BCUT2D eigenvalue weighted by Crippen LogP contribution is -2.32. The van der Waals surface area contributed by atoms with Crippen LogP contribution in [0.15, 0.2) is 24.3 Å². The maximum absolute atomic E-state index is 11.8. The van der Waals surface area contributed by atoms with Gasteiger partial charge in [0.25, 0.3) is 0 Å². The molecule has 14 heavy (non-hydrogen) atoms.